The first-order chi connectivity index (χ1) is 6.66. The molecule has 2 rings (SSSR count). The van der Waals surface area contributed by atoms with Gasteiger partial charge in [0.1, 0.15) is 0 Å². The molecule has 1 aromatic heterocycles. The third-order valence-electron chi connectivity index (χ3n) is 1.80. The van der Waals surface area contributed by atoms with Gasteiger partial charge in [0.15, 0.2) is 0 Å². The van der Waals surface area contributed by atoms with Gasteiger partial charge in [0.05, 0.1) is 11.0 Å². The van der Waals surface area contributed by atoms with Crippen molar-refractivity contribution in [1.82, 2.24) is 9.97 Å². The summed E-state index contributed by atoms with van der Waals surface area (Å²) in [5, 5.41) is 0.665. The van der Waals surface area contributed by atoms with Gasteiger partial charge in [0.25, 0.3) is 0 Å². The SMILES string of the molecule is CC.Cc1cc2[nH]c(=O)[nH]c2cc1Cl. The lowest BCUT2D eigenvalue weighted by atomic mass is 10.2. The van der Waals surface area contributed by atoms with Crippen molar-refractivity contribution in [2.24, 2.45) is 0 Å². The van der Waals surface area contributed by atoms with E-state index in [1.807, 2.05) is 26.8 Å². The van der Waals surface area contributed by atoms with Crippen molar-refractivity contribution in [2.45, 2.75) is 20.8 Å². The molecule has 2 aromatic rings. The van der Waals surface area contributed by atoms with Crippen LogP contribution in [0.25, 0.3) is 11.0 Å². The molecule has 0 atom stereocenters. The monoisotopic (exact) mass is 212 g/mol. The Morgan fingerprint density at radius 1 is 1.14 bits per heavy atom. The molecule has 1 aromatic carbocycles. The predicted octanol–water partition coefficient (Wildman–Crippen LogP) is 2.84. The van der Waals surface area contributed by atoms with Gasteiger partial charge in [-0.2, -0.15) is 0 Å². The fourth-order valence-electron chi connectivity index (χ4n) is 1.16. The number of imidazole rings is 1. The van der Waals surface area contributed by atoms with E-state index in [-0.39, 0.29) is 5.69 Å². The van der Waals surface area contributed by atoms with Crippen molar-refractivity contribution in [3.63, 3.8) is 0 Å². The predicted molar refractivity (Wildman–Crippen MR) is 60.0 cm³/mol. The van der Waals surface area contributed by atoms with Crippen LogP contribution >= 0.6 is 11.6 Å². The molecule has 0 aliphatic rings. The maximum atomic E-state index is 10.9. The van der Waals surface area contributed by atoms with Crippen LogP contribution in [0.15, 0.2) is 16.9 Å². The van der Waals surface area contributed by atoms with Gasteiger partial charge in [-0.1, -0.05) is 25.4 Å². The lowest BCUT2D eigenvalue weighted by molar-refractivity contribution is 1.21. The Morgan fingerprint density at radius 2 is 1.64 bits per heavy atom. The van der Waals surface area contributed by atoms with Gasteiger partial charge >= 0.3 is 5.69 Å². The highest BCUT2D eigenvalue weighted by Crippen LogP contribution is 2.19. The average Bonchev–Trinajstić information content (AvgIpc) is 2.49. The Morgan fingerprint density at radius 3 is 2.21 bits per heavy atom. The Kier molecular flexibility index (Phi) is 3.36. The molecule has 1 heterocycles. The molecule has 0 fully saturated rings. The molecule has 3 nitrogen and oxygen atoms in total. The number of H-pyrrole nitrogens is 2. The molecule has 14 heavy (non-hydrogen) atoms. The standard InChI is InChI=1S/C8H7ClN2O.C2H6/c1-4-2-6-7(3-5(4)9)11-8(12)10-6;1-2/h2-3H,1H3,(H2,10,11,12);1-2H3. The molecule has 76 valence electrons. The topological polar surface area (TPSA) is 48.6 Å². The number of aryl methyl sites for hydroxylation is 1. The van der Waals surface area contributed by atoms with Gasteiger partial charge in [-0.05, 0) is 24.6 Å². The van der Waals surface area contributed by atoms with Crippen LogP contribution in [0.1, 0.15) is 19.4 Å². The van der Waals surface area contributed by atoms with Gasteiger partial charge in [0, 0.05) is 5.02 Å². The highest BCUT2D eigenvalue weighted by molar-refractivity contribution is 6.32. The van der Waals surface area contributed by atoms with Crippen molar-refractivity contribution >= 4 is 22.6 Å². The van der Waals surface area contributed by atoms with Crippen LogP contribution < -0.4 is 5.69 Å². The van der Waals surface area contributed by atoms with E-state index in [2.05, 4.69) is 9.97 Å². The number of aromatic nitrogens is 2. The molecule has 0 radical (unpaired) electrons. The smallest absolute Gasteiger partial charge is 0.306 e. The minimum absolute atomic E-state index is 0.202. The van der Waals surface area contributed by atoms with E-state index in [0.717, 1.165) is 16.6 Å². The summed E-state index contributed by atoms with van der Waals surface area (Å²) in [5.74, 6) is 0. The van der Waals surface area contributed by atoms with Crippen LogP contribution in [0.2, 0.25) is 5.02 Å². The molecule has 0 unspecified atom stereocenters. The Balaban J connectivity index is 0.000000461. The van der Waals surface area contributed by atoms with Crippen LogP contribution in [0.5, 0.6) is 0 Å². The molecule has 0 amide bonds. The molecule has 2 N–H and O–H groups in total. The number of nitrogens with one attached hydrogen (secondary N) is 2. The van der Waals surface area contributed by atoms with Crippen molar-refractivity contribution in [1.29, 1.82) is 0 Å². The van der Waals surface area contributed by atoms with Crippen molar-refractivity contribution in [2.75, 3.05) is 0 Å². The molecule has 0 spiro atoms. The number of fused-ring (bicyclic) bond motifs is 1. The zero-order valence-electron chi connectivity index (χ0n) is 8.44. The van der Waals surface area contributed by atoms with E-state index < -0.39 is 0 Å². The number of hydrogen-bond donors (Lipinski definition) is 2. The zero-order chi connectivity index (χ0) is 10.7. The van der Waals surface area contributed by atoms with E-state index in [0.29, 0.717) is 5.02 Å². The van der Waals surface area contributed by atoms with Crippen molar-refractivity contribution in [3.8, 4) is 0 Å². The molecular formula is C10H13ClN2O. The largest absolute Gasteiger partial charge is 0.323 e. The summed E-state index contributed by atoms with van der Waals surface area (Å²) in [6, 6.07) is 3.58. The maximum absolute atomic E-state index is 10.9. The Bertz CT molecular complexity index is 442. The summed E-state index contributed by atoms with van der Waals surface area (Å²) >= 11 is 5.86. The van der Waals surface area contributed by atoms with Gasteiger partial charge in [-0.15, -0.1) is 0 Å². The number of benzene rings is 1. The normalized spacial score (nSPS) is 9.71. The first kappa shape index (κ1) is 10.9. The molecule has 0 aliphatic carbocycles. The molecular weight excluding hydrogens is 200 g/mol. The molecule has 0 saturated heterocycles. The molecule has 0 aliphatic heterocycles. The third-order valence-corrected chi connectivity index (χ3v) is 2.20. The lowest BCUT2D eigenvalue weighted by Gasteiger charge is -1.95. The van der Waals surface area contributed by atoms with Crippen molar-refractivity contribution in [3.05, 3.63) is 33.2 Å². The van der Waals surface area contributed by atoms with E-state index in [1.54, 1.807) is 6.07 Å². The second kappa shape index (κ2) is 4.33. The van der Waals surface area contributed by atoms with E-state index in [1.165, 1.54) is 0 Å². The second-order valence-corrected chi connectivity index (χ2v) is 3.13. The summed E-state index contributed by atoms with van der Waals surface area (Å²) in [6.45, 7) is 5.90. The first-order valence-electron chi connectivity index (χ1n) is 4.55. The van der Waals surface area contributed by atoms with Crippen LogP contribution in [0, 0.1) is 6.92 Å². The molecule has 0 bridgehead atoms. The van der Waals surface area contributed by atoms with E-state index in [9.17, 15) is 4.79 Å². The fourth-order valence-corrected chi connectivity index (χ4v) is 1.33. The number of aromatic amines is 2. The van der Waals surface area contributed by atoms with Gasteiger partial charge < -0.3 is 9.97 Å². The minimum Gasteiger partial charge on any atom is -0.306 e. The van der Waals surface area contributed by atoms with Crippen molar-refractivity contribution < 1.29 is 0 Å². The summed E-state index contributed by atoms with van der Waals surface area (Å²) in [5.41, 5.74) is 2.29. The Labute approximate surface area is 87.1 Å². The highest BCUT2D eigenvalue weighted by atomic mass is 35.5. The van der Waals surface area contributed by atoms with Crippen LogP contribution in [-0.4, -0.2) is 9.97 Å². The van der Waals surface area contributed by atoms with E-state index >= 15 is 0 Å². The number of halogens is 1. The summed E-state index contributed by atoms with van der Waals surface area (Å²) in [7, 11) is 0. The van der Waals surface area contributed by atoms with Gasteiger partial charge in [-0.25, -0.2) is 4.79 Å². The maximum Gasteiger partial charge on any atom is 0.323 e. The first-order valence-corrected chi connectivity index (χ1v) is 4.93. The average molecular weight is 213 g/mol. The summed E-state index contributed by atoms with van der Waals surface area (Å²) in [6.07, 6.45) is 0. The van der Waals surface area contributed by atoms with Crippen LogP contribution in [0.4, 0.5) is 0 Å². The Hall–Kier alpha value is -1.22. The summed E-state index contributed by atoms with van der Waals surface area (Å²) < 4.78 is 0. The van der Waals surface area contributed by atoms with Gasteiger partial charge in [-0.3, -0.25) is 0 Å². The van der Waals surface area contributed by atoms with E-state index in [4.69, 9.17) is 11.6 Å². The quantitative estimate of drug-likeness (QED) is 0.693. The minimum atomic E-state index is -0.202. The lowest BCUT2D eigenvalue weighted by Crippen LogP contribution is -1.99. The third kappa shape index (κ3) is 1.99. The highest BCUT2D eigenvalue weighted by Gasteiger charge is 2.01. The number of rotatable bonds is 0. The second-order valence-electron chi connectivity index (χ2n) is 2.73. The van der Waals surface area contributed by atoms with Gasteiger partial charge in [0.2, 0.25) is 0 Å². The zero-order valence-corrected chi connectivity index (χ0v) is 9.20. The fraction of sp³-hybridized carbons (Fsp3) is 0.300. The molecule has 0 saturated carbocycles. The number of hydrogen-bond acceptors (Lipinski definition) is 1. The summed E-state index contributed by atoms with van der Waals surface area (Å²) in [4.78, 5) is 16.1. The molecule has 4 heteroatoms. The van der Waals surface area contributed by atoms with Crippen LogP contribution in [-0.2, 0) is 0 Å². The van der Waals surface area contributed by atoms with Crippen LogP contribution in [0.3, 0.4) is 0 Å².